The molecule has 0 aliphatic rings. The maximum Gasteiger partial charge on any atom is 0.335 e. The molecule has 2 aromatic carbocycles. The fourth-order valence-electron chi connectivity index (χ4n) is 1.88. The van der Waals surface area contributed by atoms with E-state index in [2.05, 4.69) is 0 Å². The smallest absolute Gasteiger partial charge is 0.335 e. The Morgan fingerprint density at radius 2 is 1.81 bits per heavy atom. The zero-order valence-electron chi connectivity index (χ0n) is 11.3. The monoisotopic (exact) mass is 306 g/mol. The van der Waals surface area contributed by atoms with Gasteiger partial charge in [-0.25, -0.2) is 13.2 Å². The van der Waals surface area contributed by atoms with Gasteiger partial charge in [0.15, 0.2) is 9.84 Å². The molecule has 0 heterocycles. The van der Waals surface area contributed by atoms with Gasteiger partial charge in [0.2, 0.25) is 0 Å². The minimum atomic E-state index is -3.53. The molecular formula is C15H14O5S. The molecule has 0 bridgehead atoms. The van der Waals surface area contributed by atoms with Gasteiger partial charge in [0.1, 0.15) is 5.75 Å². The second-order valence-electron chi connectivity index (χ2n) is 4.44. The third kappa shape index (κ3) is 3.61. The number of hydrogen-bond acceptors (Lipinski definition) is 4. The summed E-state index contributed by atoms with van der Waals surface area (Å²) in [7, 11) is -2.03. The lowest BCUT2D eigenvalue weighted by atomic mass is 10.1. The summed E-state index contributed by atoms with van der Waals surface area (Å²) in [4.78, 5) is 11.1. The normalized spacial score (nSPS) is 11.1. The zero-order chi connectivity index (χ0) is 15.5. The Kier molecular flexibility index (Phi) is 4.28. The molecule has 21 heavy (non-hydrogen) atoms. The SMILES string of the molecule is COc1ccc(S(=O)(=O)Cc2cccc(C(=O)O)c2)cc1. The van der Waals surface area contributed by atoms with Gasteiger partial charge in [-0.1, -0.05) is 12.1 Å². The molecule has 0 saturated carbocycles. The van der Waals surface area contributed by atoms with Gasteiger partial charge < -0.3 is 9.84 Å². The molecule has 0 radical (unpaired) electrons. The Morgan fingerprint density at radius 3 is 2.38 bits per heavy atom. The standard InChI is InChI=1S/C15H14O5S/c1-20-13-5-7-14(8-6-13)21(18,19)10-11-3-2-4-12(9-11)15(16)17/h2-9H,10H2,1H3,(H,16,17). The molecule has 110 valence electrons. The minimum Gasteiger partial charge on any atom is -0.497 e. The highest BCUT2D eigenvalue weighted by atomic mass is 32.2. The predicted molar refractivity (Wildman–Crippen MR) is 77.3 cm³/mol. The minimum absolute atomic E-state index is 0.0671. The van der Waals surface area contributed by atoms with E-state index in [1.807, 2.05) is 0 Å². The van der Waals surface area contributed by atoms with E-state index in [0.29, 0.717) is 11.3 Å². The van der Waals surface area contributed by atoms with E-state index in [9.17, 15) is 13.2 Å². The first-order valence-electron chi connectivity index (χ1n) is 6.11. The van der Waals surface area contributed by atoms with E-state index in [0.717, 1.165) is 0 Å². The van der Waals surface area contributed by atoms with Crippen LogP contribution in [0.4, 0.5) is 0 Å². The Morgan fingerprint density at radius 1 is 1.14 bits per heavy atom. The van der Waals surface area contributed by atoms with Crippen LogP contribution in [-0.4, -0.2) is 26.6 Å². The van der Waals surface area contributed by atoms with Crippen LogP contribution in [0.15, 0.2) is 53.4 Å². The lowest BCUT2D eigenvalue weighted by Crippen LogP contribution is -2.06. The summed E-state index contributed by atoms with van der Waals surface area (Å²) < 4.78 is 29.6. The number of carboxylic acid groups (broad SMARTS) is 1. The van der Waals surface area contributed by atoms with Crippen LogP contribution in [-0.2, 0) is 15.6 Å². The van der Waals surface area contributed by atoms with E-state index >= 15 is 0 Å². The summed E-state index contributed by atoms with van der Waals surface area (Å²) in [5, 5.41) is 8.92. The van der Waals surface area contributed by atoms with Crippen LogP contribution < -0.4 is 4.74 Å². The van der Waals surface area contributed by atoms with E-state index in [4.69, 9.17) is 9.84 Å². The highest BCUT2D eigenvalue weighted by molar-refractivity contribution is 7.90. The molecule has 2 aromatic rings. The van der Waals surface area contributed by atoms with Crippen molar-refractivity contribution in [2.45, 2.75) is 10.6 Å². The molecule has 2 rings (SSSR count). The third-order valence-electron chi connectivity index (χ3n) is 2.95. The first-order valence-corrected chi connectivity index (χ1v) is 7.76. The van der Waals surface area contributed by atoms with Crippen LogP contribution in [0.2, 0.25) is 0 Å². The van der Waals surface area contributed by atoms with Crippen molar-refractivity contribution in [2.24, 2.45) is 0 Å². The van der Waals surface area contributed by atoms with Crippen molar-refractivity contribution < 1.29 is 23.1 Å². The summed E-state index contributed by atoms with van der Waals surface area (Å²) in [6, 6.07) is 12.0. The molecule has 0 amide bonds. The fourth-order valence-corrected chi connectivity index (χ4v) is 3.22. The summed E-state index contributed by atoms with van der Waals surface area (Å²) in [5.74, 6) is -0.763. The number of carboxylic acids is 1. The number of rotatable bonds is 5. The van der Waals surface area contributed by atoms with E-state index in [-0.39, 0.29) is 16.2 Å². The average Bonchev–Trinajstić information content (AvgIpc) is 2.47. The van der Waals surface area contributed by atoms with Crippen LogP contribution in [0.5, 0.6) is 5.75 Å². The van der Waals surface area contributed by atoms with Gasteiger partial charge in [-0.05, 0) is 42.0 Å². The summed E-state index contributed by atoms with van der Waals surface area (Å²) in [5.41, 5.74) is 0.503. The van der Waals surface area contributed by atoms with Gasteiger partial charge in [0, 0.05) is 0 Å². The van der Waals surface area contributed by atoms with E-state index < -0.39 is 15.8 Å². The molecule has 0 spiro atoms. The van der Waals surface area contributed by atoms with Crippen LogP contribution in [0, 0.1) is 0 Å². The number of ether oxygens (including phenoxy) is 1. The average molecular weight is 306 g/mol. The fraction of sp³-hybridized carbons (Fsp3) is 0.133. The van der Waals surface area contributed by atoms with Crippen molar-refractivity contribution in [3.8, 4) is 5.75 Å². The molecule has 0 aliphatic heterocycles. The third-order valence-corrected chi connectivity index (χ3v) is 4.65. The zero-order valence-corrected chi connectivity index (χ0v) is 12.1. The Bertz CT molecular complexity index is 748. The number of carbonyl (C=O) groups is 1. The number of methoxy groups -OCH3 is 1. The Labute approximate surface area is 122 Å². The van der Waals surface area contributed by atoms with Gasteiger partial charge in [0.05, 0.1) is 23.3 Å². The maximum absolute atomic E-state index is 12.3. The van der Waals surface area contributed by atoms with Crippen LogP contribution in [0.25, 0.3) is 0 Å². The molecule has 0 fully saturated rings. The Hall–Kier alpha value is -2.34. The van der Waals surface area contributed by atoms with Crippen LogP contribution in [0.1, 0.15) is 15.9 Å². The number of aromatic carboxylic acids is 1. The summed E-state index contributed by atoms with van der Waals surface area (Å²) >= 11 is 0. The molecule has 0 saturated heterocycles. The number of sulfone groups is 1. The second-order valence-corrected chi connectivity index (χ2v) is 6.43. The molecular weight excluding hydrogens is 292 g/mol. The highest BCUT2D eigenvalue weighted by Gasteiger charge is 2.16. The molecule has 0 aromatic heterocycles. The van der Waals surface area contributed by atoms with Crippen molar-refractivity contribution in [1.82, 2.24) is 0 Å². The van der Waals surface area contributed by atoms with Gasteiger partial charge in [0.25, 0.3) is 0 Å². The quantitative estimate of drug-likeness (QED) is 0.917. The largest absolute Gasteiger partial charge is 0.497 e. The summed E-state index contributed by atoms with van der Waals surface area (Å²) in [6.07, 6.45) is 0. The molecule has 0 unspecified atom stereocenters. The first-order chi connectivity index (χ1) is 9.92. The molecule has 6 heteroatoms. The first kappa shape index (κ1) is 15.1. The van der Waals surface area contributed by atoms with Crippen molar-refractivity contribution in [3.63, 3.8) is 0 Å². The lowest BCUT2D eigenvalue weighted by Gasteiger charge is -2.06. The van der Waals surface area contributed by atoms with Gasteiger partial charge in [-0.15, -0.1) is 0 Å². The topological polar surface area (TPSA) is 80.7 Å². The molecule has 0 aliphatic carbocycles. The molecule has 0 atom stereocenters. The maximum atomic E-state index is 12.3. The van der Waals surface area contributed by atoms with Crippen LogP contribution >= 0.6 is 0 Å². The lowest BCUT2D eigenvalue weighted by molar-refractivity contribution is 0.0696. The highest BCUT2D eigenvalue weighted by Crippen LogP contribution is 2.20. The van der Waals surface area contributed by atoms with E-state index in [1.54, 1.807) is 18.2 Å². The molecule has 1 N–H and O–H groups in total. The van der Waals surface area contributed by atoms with Gasteiger partial charge >= 0.3 is 5.97 Å². The van der Waals surface area contributed by atoms with Crippen molar-refractivity contribution >= 4 is 15.8 Å². The van der Waals surface area contributed by atoms with Crippen molar-refractivity contribution in [1.29, 1.82) is 0 Å². The van der Waals surface area contributed by atoms with Gasteiger partial charge in [-0.2, -0.15) is 0 Å². The predicted octanol–water partition coefficient (Wildman–Crippen LogP) is 2.37. The van der Waals surface area contributed by atoms with Gasteiger partial charge in [-0.3, -0.25) is 0 Å². The Balaban J connectivity index is 2.28. The van der Waals surface area contributed by atoms with E-state index in [1.165, 1.54) is 37.4 Å². The van der Waals surface area contributed by atoms with Crippen molar-refractivity contribution in [3.05, 3.63) is 59.7 Å². The second kappa shape index (κ2) is 5.97. The van der Waals surface area contributed by atoms with Crippen LogP contribution in [0.3, 0.4) is 0 Å². The summed E-state index contributed by atoms with van der Waals surface area (Å²) in [6.45, 7) is 0. The molecule has 5 nitrogen and oxygen atoms in total. The number of hydrogen-bond donors (Lipinski definition) is 1. The number of benzene rings is 2. The van der Waals surface area contributed by atoms with Crippen molar-refractivity contribution in [2.75, 3.05) is 7.11 Å².